The number of esters is 1. The molecule has 8 nitrogen and oxygen atoms in total. The average molecular weight is 536 g/mol. The lowest BCUT2D eigenvalue weighted by Gasteiger charge is -2.47. The number of anilines is 1. The van der Waals surface area contributed by atoms with Crippen LogP contribution in [0, 0.1) is 11.2 Å². The highest BCUT2D eigenvalue weighted by atomic mass is 19.1. The Morgan fingerprint density at radius 2 is 1.74 bits per heavy atom. The minimum atomic E-state index is -0.466. The van der Waals surface area contributed by atoms with Crippen molar-refractivity contribution in [2.75, 3.05) is 58.5 Å². The second kappa shape index (κ2) is 10.8. The van der Waals surface area contributed by atoms with E-state index >= 15 is 0 Å². The molecule has 2 aliphatic heterocycles. The summed E-state index contributed by atoms with van der Waals surface area (Å²) < 4.78 is 25.9. The van der Waals surface area contributed by atoms with Gasteiger partial charge in [0.1, 0.15) is 5.82 Å². The highest BCUT2D eigenvalue weighted by Gasteiger charge is 2.39. The average Bonchev–Trinajstić information content (AvgIpc) is 3.31. The smallest absolute Gasteiger partial charge is 0.356 e. The Labute approximate surface area is 229 Å². The number of nitrogens with zero attached hydrogens (tertiary/aromatic N) is 5. The number of hydrogen-bond acceptors (Lipinski definition) is 7. The highest BCUT2D eigenvalue weighted by Crippen LogP contribution is 2.46. The molecule has 1 aromatic carbocycles. The molecule has 39 heavy (non-hydrogen) atoms. The molecule has 0 radical (unpaired) electrons. The molecule has 1 aliphatic carbocycles. The van der Waals surface area contributed by atoms with Gasteiger partial charge in [-0.1, -0.05) is 6.42 Å². The lowest BCUT2D eigenvalue weighted by atomic mass is 9.71. The molecule has 2 saturated heterocycles. The summed E-state index contributed by atoms with van der Waals surface area (Å²) in [5.74, 6) is -0.400. The summed E-state index contributed by atoms with van der Waals surface area (Å²) in [6.45, 7) is 5.92. The number of carbonyl (C=O) groups excluding carboxylic acids is 1. The summed E-state index contributed by atoms with van der Waals surface area (Å²) in [4.78, 5) is 22.5. The van der Waals surface area contributed by atoms with Gasteiger partial charge in [0.15, 0.2) is 11.3 Å². The van der Waals surface area contributed by atoms with E-state index in [1.54, 1.807) is 23.9 Å². The fraction of sp³-hybridized carbons (Fsp3) is 0.567. The lowest BCUT2D eigenvalue weighted by molar-refractivity contribution is 0.0593. The minimum absolute atomic E-state index is 0.273. The van der Waals surface area contributed by atoms with Crippen molar-refractivity contribution in [2.45, 2.75) is 50.9 Å². The van der Waals surface area contributed by atoms with Crippen molar-refractivity contribution in [3.05, 3.63) is 47.5 Å². The first-order valence-corrected chi connectivity index (χ1v) is 14.2. The van der Waals surface area contributed by atoms with E-state index in [1.165, 1.54) is 38.5 Å². The number of aromatic nitrogens is 3. The molecule has 0 atom stereocenters. The van der Waals surface area contributed by atoms with E-state index < -0.39 is 5.97 Å². The molecule has 1 spiro atoms. The van der Waals surface area contributed by atoms with E-state index in [0.29, 0.717) is 17.0 Å². The third-order valence-corrected chi connectivity index (χ3v) is 9.29. The number of rotatable bonds is 7. The predicted octanol–water partition coefficient (Wildman–Crippen LogP) is 4.94. The zero-order valence-electron chi connectivity index (χ0n) is 23.0. The molecule has 6 rings (SSSR count). The second-order valence-corrected chi connectivity index (χ2v) is 11.4. The van der Waals surface area contributed by atoms with Crippen LogP contribution in [0.5, 0.6) is 0 Å². The van der Waals surface area contributed by atoms with Gasteiger partial charge >= 0.3 is 5.97 Å². The van der Waals surface area contributed by atoms with Gasteiger partial charge in [0.05, 0.1) is 36.2 Å². The Morgan fingerprint density at radius 1 is 1.05 bits per heavy atom. The van der Waals surface area contributed by atoms with Gasteiger partial charge in [-0.25, -0.2) is 18.9 Å². The first-order chi connectivity index (χ1) is 19.0. The van der Waals surface area contributed by atoms with Gasteiger partial charge in [-0.3, -0.25) is 0 Å². The van der Waals surface area contributed by atoms with E-state index in [9.17, 15) is 9.18 Å². The van der Waals surface area contributed by atoms with Gasteiger partial charge < -0.3 is 19.3 Å². The molecule has 4 heterocycles. The van der Waals surface area contributed by atoms with E-state index in [4.69, 9.17) is 19.6 Å². The molecule has 1 saturated carbocycles. The molecule has 3 aromatic rings. The number of methoxy groups -OCH3 is 2. The van der Waals surface area contributed by atoms with Crippen molar-refractivity contribution in [1.82, 2.24) is 19.7 Å². The third-order valence-electron chi connectivity index (χ3n) is 9.29. The Kier molecular flexibility index (Phi) is 7.29. The summed E-state index contributed by atoms with van der Waals surface area (Å²) in [6, 6.07) is 8.19. The molecule has 0 amide bonds. The minimum Gasteiger partial charge on any atom is -0.464 e. The molecule has 0 N–H and O–H groups in total. The monoisotopic (exact) mass is 535 g/mol. The number of benzene rings is 1. The quantitative estimate of drug-likeness (QED) is 0.397. The van der Waals surface area contributed by atoms with Gasteiger partial charge in [-0.15, -0.1) is 0 Å². The standard InChI is InChI=1S/C30H38FN5O3/c1-38-19-18-34-14-10-30(11-15-34)12-16-35(17-13-30)25-20-24(29(37)39-2)32-28-26(25)27(21-4-3-5-21)33-36(28)23-8-6-22(31)7-9-23/h6-9,20-21H,3-5,10-19H2,1-2H3. The largest absolute Gasteiger partial charge is 0.464 e. The zero-order chi connectivity index (χ0) is 27.0. The van der Waals surface area contributed by atoms with E-state index in [-0.39, 0.29) is 11.5 Å². The van der Waals surface area contributed by atoms with Crippen molar-refractivity contribution in [2.24, 2.45) is 5.41 Å². The Morgan fingerprint density at radius 3 is 2.36 bits per heavy atom. The molecule has 0 bridgehead atoms. The maximum absolute atomic E-state index is 13.7. The van der Waals surface area contributed by atoms with Crippen molar-refractivity contribution in [1.29, 1.82) is 0 Å². The van der Waals surface area contributed by atoms with Crippen LogP contribution in [0.3, 0.4) is 0 Å². The number of halogens is 1. The topological polar surface area (TPSA) is 72.7 Å². The number of pyridine rings is 1. The van der Waals surface area contributed by atoms with Gasteiger partial charge in [-0.05, 0) is 87.4 Å². The van der Waals surface area contributed by atoms with Gasteiger partial charge in [0.25, 0.3) is 0 Å². The molecular weight excluding hydrogens is 497 g/mol. The van der Waals surface area contributed by atoms with Crippen LogP contribution in [0.1, 0.15) is 67.0 Å². The lowest BCUT2D eigenvalue weighted by Crippen LogP contribution is -2.47. The maximum atomic E-state index is 13.7. The normalized spacial score (nSPS) is 19.9. The second-order valence-electron chi connectivity index (χ2n) is 11.4. The fourth-order valence-electron chi connectivity index (χ4n) is 6.50. The molecule has 3 fully saturated rings. The zero-order valence-corrected chi connectivity index (χ0v) is 23.0. The number of ether oxygens (including phenoxy) is 2. The fourth-order valence-corrected chi connectivity index (χ4v) is 6.50. The number of hydrogen-bond donors (Lipinski definition) is 0. The molecule has 2 aromatic heterocycles. The highest BCUT2D eigenvalue weighted by molar-refractivity contribution is 5.99. The van der Waals surface area contributed by atoms with Crippen molar-refractivity contribution >= 4 is 22.7 Å². The Hall–Kier alpha value is -3.04. The van der Waals surface area contributed by atoms with Gasteiger partial charge in [0, 0.05) is 32.7 Å². The Balaban J connectivity index is 1.35. The molecular formula is C30H38FN5O3. The van der Waals surface area contributed by atoms with Crippen molar-refractivity contribution in [3.8, 4) is 5.69 Å². The SMILES string of the molecule is COCCN1CCC2(CC1)CCN(c1cc(C(=O)OC)nc3c1c(C1CCC1)nn3-c1ccc(F)cc1)CC2. The number of likely N-dealkylation sites (tertiary alicyclic amines) is 1. The Bertz CT molecular complexity index is 1320. The van der Waals surface area contributed by atoms with E-state index in [1.807, 2.05) is 6.07 Å². The van der Waals surface area contributed by atoms with Crippen LogP contribution >= 0.6 is 0 Å². The summed E-state index contributed by atoms with van der Waals surface area (Å²) in [5.41, 5.74) is 4.06. The first kappa shape index (κ1) is 26.2. The van der Waals surface area contributed by atoms with Crippen LogP contribution in [0.25, 0.3) is 16.7 Å². The summed E-state index contributed by atoms with van der Waals surface area (Å²) in [7, 11) is 3.15. The molecule has 9 heteroatoms. The summed E-state index contributed by atoms with van der Waals surface area (Å²) in [5, 5.41) is 6.06. The van der Waals surface area contributed by atoms with E-state index in [0.717, 1.165) is 87.5 Å². The first-order valence-electron chi connectivity index (χ1n) is 14.2. The molecule has 3 aliphatic rings. The molecule has 0 unspecified atom stereocenters. The van der Waals surface area contributed by atoms with Crippen LogP contribution in [0.2, 0.25) is 0 Å². The van der Waals surface area contributed by atoms with Gasteiger partial charge in [-0.2, -0.15) is 5.10 Å². The van der Waals surface area contributed by atoms with Crippen LogP contribution in [-0.4, -0.2) is 79.2 Å². The van der Waals surface area contributed by atoms with Crippen LogP contribution in [0.15, 0.2) is 30.3 Å². The summed E-state index contributed by atoms with van der Waals surface area (Å²) in [6.07, 6.45) is 8.08. The van der Waals surface area contributed by atoms with Crippen molar-refractivity contribution < 1.29 is 18.7 Å². The van der Waals surface area contributed by atoms with Crippen molar-refractivity contribution in [3.63, 3.8) is 0 Å². The van der Waals surface area contributed by atoms with Crippen LogP contribution in [0.4, 0.5) is 10.1 Å². The van der Waals surface area contributed by atoms with Crippen LogP contribution in [-0.2, 0) is 9.47 Å². The maximum Gasteiger partial charge on any atom is 0.356 e. The van der Waals surface area contributed by atoms with Crippen LogP contribution < -0.4 is 4.90 Å². The number of fused-ring (bicyclic) bond motifs is 1. The number of carbonyl (C=O) groups is 1. The van der Waals surface area contributed by atoms with E-state index in [2.05, 4.69) is 9.80 Å². The number of piperidine rings is 2. The third kappa shape index (κ3) is 5.02. The summed E-state index contributed by atoms with van der Waals surface area (Å²) >= 11 is 0. The predicted molar refractivity (Wildman–Crippen MR) is 148 cm³/mol. The van der Waals surface area contributed by atoms with Gasteiger partial charge in [0.2, 0.25) is 0 Å². The molecule has 208 valence electrons.